The Morgan fingerprint density at radius 2 is 1.94 bits per heavy atom. The lowest BCUT2D eigenvalue weighted by Crippen LogP contribution is -2.46. The molecule has 1 atom stereocenters. The minimum absolute atomic E-state index is 0.193. The van der Waals surface area contributed by atoms with E-state index in [1.54, 1.807) is 11.8 Å². The zero-order valence-electron chi connectivity index (χ0n) is 10.6. The molecule has 0 saturated carbocycles. The molecule has 0 bridgehead atoms. The summed E-state index contributed by atoms with van der Waals surface area (Å²) in [6.45, 7) is 0.642. The van der Waals surface area contributed by atoms with E-state index in [1.807, 2.05) is 6.26 Å². The first-order chi connectivity index (χ1) is 8.57. The minimum Gasteiger partial charge on any atom is -0.481 e. The van der Waals surface area contributed by atoms with Crippen molar-refractivity contribution in [3.63, 3.8) is 0 Å². The molecule has 0 heterocycles. The lowest BCUT2D eigenvalue weighted by atomic mass is 10.2. The van der Waals surface area contributed by atoms with Crippen molar-refractivity contribution in [2.45, 2.75) is 38.1 Å². The molecule has 18 heavy (non-hydrogen) atoms. The van der Waals surface area contributed by atoms with Crippen LogP contribution >= 0.6 is 11.8 Å². The van der Waals surface area contributed by atoms with Gasteiger partial charge in [-0.2, -0.15) is 11.8 Å². The summed E-state index contributed by atoms with van der Waals surface area (Å²) in [5.74, 6) is -0.837. The lowest BCUT2D eigenvalue weighted by molar-refractivity contribution is -0.140. The highest BCUT2D eigenvalue weighted by molar-refractivity contribution is 7.98. The number of hydrogen-bond acceptors (Lipinski definition) is 5. The van der Waals surface area contributed by atoms with E-state index in [-0.39, 0.29) is 6.42 Å². The molecule has 0 saturated heterocycles. The van der Waals surface area contributed by atoms with Gasteiger partial charge in [0.15, 0.2) is 0 Å². The van der Waals surface area contributed by atoms with E-state index < -0.39 is 18.0 Å². The zero-order chi connectivity index (χ0) is 13.8. The number of rotatable bonds is 12. The van der Waals surface area contributed by atoms with Gasteiger partial charge in [-0.3, -0.25) is 15.0 Å². The van der Waals surface area contributed by atoms with Crippen molar-refractivity contribution in [2.24, 2.45) is 0 Å². The average Bonchev–Trinajstić information content (AvgIpc) is 2.30. The zero-order valence-corrected chi connectivity index (χ0v) is 11.5. The van der Waals surface area contributed by atoms with Crippen LogP contribution in [0.4, 0.5) is 0 Å². The third-order valence-corrected chi connectivity index (χ3v) is 3.02. The van der Waals surface area contributed by atoms with Crippen LogP contribution in [0, 0.1) is 0 Å². The molecule has 7 heteroatoms. The summed E-state index contributed by atoms with van der Waals surface area (Å²) in [6, 6.07) is -0.573. The molecular formula is C11H22N2O4S. The summed E-state index contributed by atoms with van der Waals surface area (Å²) in [5, 5.41) is 17.4. The van der Waals surface area contributed by atoms with E-state index >= 15 is 0 Å². The van der Waals surface area contributed by atoms with Gasteiger partial charge in [0.1, 0.15) is 6.04 Å². The van der Waals surface area contributed by atoms with Crippen molar-refractivity contribution < 1.29 is 19.8 Å². The van der Waals surface area contributed by atoms with Gasteiger partial charge in [-0.05, 0) is 31.3 Å². The van der Waals surface area contributed by atoms with Gasteiger partial charge in [-0.25, -0.2) is 5.43 Å². The number of aliphatic carboxylic acids is 2. The number of carboxylic acid groups (broad SMARTS) is 2. The standard InChI is InChI=1S/C11H22N2O4S/c1-18-8-6-9(11(16)17)13-12-7-4-2-3-5-10(14)15/h9,12-13H,2-8H2,1H3,(H,14,15)(H,16,17)/t9-/m0/s1. The van der Waals surface area contributed by atoms with E-state index in [0.717, 1.165) is 18.6 Å². The second-order valence-electron chi connectivity index (χ2n) is 3.95. The third-order valence-electron chi connectivity index (χ3n) is 2.38. The molecule has 6 nitrogen and oxygen atoms in total. The molecular weight excluding hydrogens is 256 g/mol. The fourth-order valence-corrected chi connectivity index (χ4v) is 1.83. The second kappa shape index (κ2) is 11.3. The van der Waals surface area contributed by atoms with Crippen LogP contribution in [-0.4, -0.2) is 46.7 Å². The molecule has 0 amide bonds. The SMILES string of the molecule is CSCC[C@H](NNCCCCCC(=O)O)C(=O)O. The normalized spacial score (nSPS) is 12.3. The third kappa shape index (κ3) is 10.4. The quantitative estimate of drug-likeness (QED) is 0.311. The highest BCUT2D eigenvalue weighted by Crippen LogP contribution is 2.01. The van der Waals surface area contributed by atoms with E-state index in [4.69, 9.17) is 10.2 Å². The molecule has 0 fully saturated rings. The maximum atomic E-state index is 10.9. The van der Waals surface area contributed by atoms with Crippen LogP contribution in [0.25, 0.3) is 0 Å². The summed E-state index contributed by atoms with van der Waals surface area (Å²) in [5.41, 5.74) is 5.65. The van der Waals surface area contributed by atoms with Crippen LogP contribution < -0.4 is 10.9 Å². The largest absolute Gasteiger partial charge is 0.481 e. The summed E-state index contributed by atoms with van der Waals surface area (Å²) in [6.07, 6.45) is 5.01. The number of unbranched alkanes of at least 4 members (excludes halogenated alkanes) is 2. The topological polar surface area (TPSA) is 98.7 Å². The van der Waals surface area contributed by atoms with Gasteiger partial charge in [-0.1, -0.05) is 6.42 Å². The number of nitrogens with one attached hydrogen (secondary N) is 2. The fourth-order valence-electron chi connectivity index (χ4n) is 1.35. The highest BCUT2D eigenvalue weighted by atomic mass is 32.2. The van der Waals surface area contributed by atoms with Gasteiger partial charge in [-0.15, -0.1) is 0 Å². The molecule has 0 aromatic carbocycles. The van der Waals surface area contributed by atoms with Crippen molar-refractivity contribution in [1.29, 1.82) is 0 Å². The van der Waals surface area contributed by atoms with Crippen LogP contribution in [0.15, 0.2) is 0 Å². The summed E-state index contributed by atoms with van der Waals surface area (Å²) >= 11 is 1.61. The Bertz CT molecular complexity index is 251. The van der Waals surface area contributed by atoms with E-state index in [2.05, 4.69) is 10.9 Å². The second-order valence-corrected chi connectivity index (χ2v) is 4.93. The van der Waals surface area contributed by atoms with Crippen molar-refractivity contribution in [3.05, 3.63) is 0 Å². The van der Waals surface area contributed by atoms with Gasteiger partial charge in [0.25, 0.3) is 0 Å². The molecule has 0 aromatic rings. The average molecular weight is 278 g/mol. The smallest absolute Gasteiger partial charge is 0.322 e. The minimum atomic E-state index is -0.859. The van der Waals surface area contributed by atoms with E-state index in [1.165, 1.54) is 0 Å². The molecule has 4 N–H and O–H groups in total. The number of thioether (sulfide) groups is 1. The predicted molar refractivity (Wildman–Crippen MR) is 71.7 cm³/mol. The Morgan fingerprint density at radius 3 is 2.50 bits per heavy atom. The molecule has 0 aliphatic carbocycles. The van der Waals surface area contributed by atoms with Crippen LogP contribution in [0.3, 0.4) is 0 Å². The van der Waals surface area contributed by atoms with Crippen molar-refractivity contribution in [2.75, 3.05) is 18.6 Å². The fraction of sp³-hybridized carbons (Fsp3) is 0.818. The molecule has 0 unspecified atom stereocenters. The predicted octanol–water partition coefficient (Wildman–Crippen LogP) is 0.932. The number of hydrazine groups is 1. The molecule has 0 spiro atoms. The number of hydrogen-bond donors (Lipinski definition) is 4. The van der Waals surface area contributed by atoms with Gasteiger partial charge in [0.05, 0.1) is 0 Å². The van der Waals surface area contributed by atoms with Gasteiger partial charge in [0, 0.05) is 13.0 Å². The first-order valence-corrected chi connectivity index (χ1v) is 7.39. The number of carboxylic acids is 2. The Kier molecular flexibility index (Phi) is 10.8. The van der Waals surface area contributed by atoms with Crippen molar-refractivity contribution in [1.82, 2.24) is 10.9 Å². The summed E-state index contributed by atoms with van der Waals surface area (Å²) < 4.78 is 0. The van der Waals surface area contributed by atoms with Crippen LogP contribution in [0.2, 0.25) is 0 Å². The summed E-state index contributed by atoms with van der Waals surface area (Å²) in [4.78, 5) is 21.1. The first kappa shape index (κ1) is 17.2. The van der Waals surface area contributed by atoms with Crippen molar-refractivity contribution >= 4 is 23.7 Å². The molecule has 106 valence electrons. The lowest BCUT2D eigenvalue weighted by Gasteiger charge is -2.14. The van der Waals surface area contributed by atoms with Gasteiger partial charge >= 0.3 is 11.9 Å². The molecule has 0 rings (SSSR count). The molecule has 0 aliphatic rings. The monoisotopic (exact) mass is 278 g/mol. The van der Waals surface area contributed by atoms with E-state index in [9.17, 15) is 9.59 Å². The van der Waals surface area contributed by atoms with Gasteiger partial charge < -0.3 is 10.2 Å². The maximum absolute atomic E-state index is 10.9. The van der Waals surface area contributed by atoms with Crippen LogP contribution in [0.5, 0.6) is 0 Å². The Balaban J connectivity index is 3.49. The van der Waals surface area contributed by atoms with Gasteiger partial charge in [0.2, 0.25) is 0 Å². The number of carbonyl (C=O) groups is 2. The van der Waals surface area contributed by atoms with Crippen LogP contribution in [0.1, 0.15) is 32.1 Å². The Labute approximate surface area is 111 Å². The Morgan fingerprint density at radius 1 is 1.22 bits per heavy atom. The molecule has 0 radical (unpaired) electrons. The Hall–Kier alpha value is -0.790. The molecule has 0 aliphatic heterocycles. The highest BCUT2D eigenvalue weighted by Gasteiger charge is 2.15. The van der Waals surface area contributed by atoms with Crippen LogP contribution in [-0.2, 0) is 9.59 Å². The first-order valence-electron chi connectivity index (χ1n) is 6.00. The summed E-state index contributed by atoms with van der Waals surface area (Å²) in [7, 11) is 0. The van der Waals surface area contributed by atoms with E-state index in [0.29, 0.717) is 19.4 Å². The van der Waals surface area contributed by atoms with Crippen molar-refractivity contribution in [3.8, 4) is 0 Å². The maximum Gasteiger partial charge on any atom is 0.322 e. The molecule has 0 aromatic heterocycles.